The number of rotatable bonds is 4. The van der Waals surface area contributed by atoms with Gasteiger partial charge in [-0.2, -0.15) is 0 Å². The van der Waals surface area contributed by atoms with E-state index in [2.05, 4.69) is 36.5 Å². The van der Waals surface area contributed by atoms with Crippen LogP contribution in [-0.2, 0) is 6.54 Å². The van der Waals surface area contributed by atoms with E-state index in [0.29, 0.717) is 17.1 Å². The van der Waals surface area contributed by atoms with Gasteiger partial charge in [-0.3, -0.25) is 4.79 Å². The van der Waals surface area contributed by atoms with Crippen LogP contribution in [0.1, 0.15) is 27.0 Å². The minimum atomic E-state index is -0.107. The Labute approximate surface area is 175 Å². The molecule has 4 rings (SSSR count). The van der Waals surface area contributed by atoms with Gasteiger partial charge in [0.1, 0.15) is 0 Å². The Balaban J connectivity index is 1.75. The van der Waals surface area contributed by atoms with Gasteiger partial charge in [-0.25, -0.2) is 4.98 Å². The molecular formula is C25H21ClN2O. The number of carbonyl (C=O) groups is 1. The number of nitrogens with one attached hydrogen (secondary N) is 1. The van der Waals surface area contributed by atoms with Crippen molar-refractivity contribution in [1.82, 2.24) is 10.3 Å². The van der Waals surface area contributed by atoms with Gasteiger partial charge >= 0.3 is 0 Å². The van der Waals surface area contributed by atoms with Gasteiger partial charge in [0.15, 0.2) is 0 Å². The second-order valence-electron chi connectivity index (χ2n) is 7.15. The minimum absolute atomic E-state index is 0.107. The molecule has 3 aromatic carbocycles. The standard InChI is InChI=1S/C25H21ClN2O/c1-16-7-11-19(12-8-16)24-17(2)23(21-5-3-4-6-22(21)28-24)25(29)27-15-18-9-13-20(26)14-10-18/h3-14H,15H2,1-2H3,(H,27,29). The number of pyridine rings is 1. The van der Waals surface area contributed by atoms with Gasteiger partial charge in [-0.15, -0.1) is 0 Å². The fourth-order valence-corrected chi connectivity index (χ4v) is 3.59. The molecule has 1 heterocycles. The van der Waals surface area contributed by atoms with E-state index in [1.54, 1.807) is 0 Å². The van der Waals surface area contributed by atoms with Crippen molar-refractivity contribution in [3.63, 3.8) is 0 Å². The van der Waals surface area contributed by atoms with Crippen LogP contribution in [0, 0.1) is 13.8 Å². The van der Waals surface area contributed by atoms with E-state index in [0.717, 1.165) is 33.3 Å². The first kappa shape index (κ1) is 19.2. The number of nitrogens with zero attached hydrogens (tertiary/aromatic N) is 1. The second kappa shape index (κ2) is 8.06. The van der Waals surface area contributed by atoms with Gasteiger partial charge < -0.3 is 5.32 Å². The zero-order valence-electron chi connectivity index (χ0n) is 16.4. The molecular weight excluding hydrogens is 380 g/mol. The number of aryl methyl sites for hydroxylation is 1. The summed E-state index contributed by atoms with van der Waals surface area (Å²) in [5.41, 5.74) is 6.38. The second-order valence-corrected chi connectivity index (χ2v) is 7.59. The zero-order chi connectivity index (χ0) is 20.4. The summed E-state index contributed by atoms with van der Waals surface area (Å²) in [6.45, 7) is 4.46. The Hall–Kier alpha value is -3.17. The molecule has 0 radical (unpaired) electrons. The molecule has 1 amide bonds. The Morgan fingerprint density at radius 1 is 0.931 bits per heavy atom. The van der Waals surface area contributed by atoms with Gasteiger partial charge in [-0.1, -0.05) is 71.8 Å². The summed E-state index contributed by atoms with van der Waals surface area (Å²) < 4.78 is 0. The van der Waals surface area contributed by atoms with E-state index in [4.69, 9.17) is 16.6 Å². The van der Waals surface area contributed by atoms with Crippen molar-refractivity contribution < 1.29 is 4.79 Å². The summed E-state index contributed by atoms with van der Waals surface area (Å²) in [5.74, 6) is -0.107. The quantitative estimate of drug-likeness (QED) is 0.449. The Morgan fingerprint density at radius 2 is 1.62 bits per heavy atom. The molecule has 0 atom stereocenters. The van der Waals surface area contributed by atoms with Crippen molar-refractivity contribution in [2.24, 2.45) is 0 Å². The van der Waals surface area contributed by atoms with E-state index in [1.165, 1.54) is 5.56 Å². The fourth-order valence-electron chi connectivity index (χ4n) is 3.47. The minimum Gasteiger partial charge on any atom is -0.348 e. The Bertz CT molecular complexity index is 1180. The van der Waals surface area contributed by atoms with Crippen molar-refractivity contribution >= 4 is 28.4 Å². The third kappa shape index (κ3) is 4.01. The summed E-state index contributed by atoms with van der Waals surface area (Å²) in [6.07, 6.45) is 0. The fraction of sp³-hybridized carbons (Fsp3) is 0.120. The Morgan fingerprint density at radius 3 is 2.34 bits per heavy atom. The lowest BCUT2D eigenvalue weighted by Gasteiger charge is -2.15. The van der Waals surface area contributed by atoms with Crippen LogP contribution in [0.3, 0.4) is 0 Å². The molecule has 0 spiro atoms. The van der Waals surface area contributed by atoms with Gasteiger partial charge in [0.05, 0.1) is 16.8 Å². The van der Waals surface area contributed by atoms with Crippen molar-refractivity contribution in [2.75, 3.05) is 0 Å². The predicted molar refractivity (Wildman–Crippen MR) is 119 cm³/mol. The Kier molecular flexibility index (Phi) is 5.32. The molecule has 0 saturated carbocycles. The molecule has 4 aromatic rings. The molecule has 0 aliphatic carbocycles. The molecule has 1 N–H and O–H groups in total. The SMILES string of the molecule is Cc1ccc(-c2nc3ccccc3c(C(=O)NCc3ccc(Cl)cc3)c2C)cc1. The van der Waals surface area contributed by atoms with Crippen LogP contribution in [0.5, 0.6) is 0 Å². The molecule has 4 heteroatoms. The summed E-state index contributed by atoms with van der Waals surface area (Å²) >= 11 is 5.95. The highest BCUT2D eigenvalue weighted by molar-refractivity contribution is 6.30. The number of carbonyl (C=O) groups excluding carboxylic acids is 1. The first-order valence-electron chi connectivity index (χ1n) is 9.52. The summed E-state index contributed by atoms with van der Waals surface area (Å²) in [6, 6.07) is 23.5. The number of para-hydroxylation sites is 1. The third-order valence-corrected chi connectivity index (χ3v) is 5.31. The van der Waals surface area contributed by atoms with E-state index < -0.39 is 0 Å². The van der Waals surface area contributed by atoms with Crippen LogP contribution in [0.25, 0.3) is 22.2 Å². The first-order chi connectivity index (χ1) is 14.0. The molecule has 0 aliphatic heterocycles. The molecule has 0 unspecified atom stereocenters. The van der Waals surface area contributed by atoms with E-state index in [1.807, 2.05) is 55.5 Å². The normalized spacial score (nSPS) is 10.9. The largest absolute Gasteiger partial charge is 0.348 e. The van der Waals surface area contributed by atoms with Crippen LogP contribution in [0.15, 0.2) is 72.8 Å². The number of halogens is 1. The lowest BCUT2D eigenvalue weighted by Crippen LogP contribution is -2.24. The topological polar surface area (TPSA) is 42.0 Å². The lowest BCUT2D eigenvalue weighted by atomic mass is 9.96. The van der Waals surface area contributed by atoms with Crippen molar-refractivity contribution in [3.8, 4) is 11.3 Å². The zero-order valence-corrected chi connectivity index (χ0v) is 17.1. The molecule has 0 fully saturated rings. The van der Waals surface area contributed by atoms with E-state index >= 15 is 0 Å². The first-order valence-corrected chi connectivity index (χ1v) is 9.90. The monoisotopic (exact) mass is 400 g/mol. The third-order valence-electron chi connectivity index (χ3n) is 5.05. The van der Waals surface area contributed by atoms with Gasteiger partial charge in [-0.05, 0) is 43.2 Å². The highest BCUT2D eigenvalue weighted by atomic mass is 35.5. The van der Waals surface area contributed by atoms with Crippen molar-refractivity contribution in [1.29, 1.82) is 0 Å². The van der Waals surface area contributed by atoms with E-state index in [-0.39, 0.29) is 5.91 Å². The molecule has 1 aromatic heterocycles. The maximum absolute atomic E-state index is 13.2. The summed E-state index contributed by atoms with van der Waals surface area (Å²) in [7, 11) is 0. The number of aromatic nitrogens is 1. The molecule has 29 heavy (non-hydrogen) atoms. The lowest BCUT2D eigenvalue weighted by molar-refractivity contribution is 0.0952. The number of hydrogen-bond acceptors (Lipinski definition) is 2. The maximum Gasteiger partial charge on any atom is 0.252 e. The van der Waals surface area contributed by atoms with Crippen molar-refractivity contribution in [3.05, 3.63) is 100 Å². The maximum atomic E-state index is 13.2. The number of hydrogen-bond donors (Lipinski definition) is 1. The molecule has 144 valence electrons. The van der Waals surface area contributed by atoms with Crippen LogP contribution in [0.4, 0.5) is 0 Å². The highest BCUT2D eigenvalue weighted by Gasteiger charge is 2.18. The number of benzene rings is 3. The van der Waals surface area contributed by atoms with Crippen LogP contribution in [0.2, 0.25) is 5.02 Å². The average molecular weight is 401 g/mol. The smallest absolute Gasteiger partial charge is 0.252 e. The molecule has 0 aliphatic rings. The number of amides is 1. The van der Waals surface area contributed by atoms with Gasteiger partial charge in [0.25, 0.3) is 5.91 Å². The number of fused-ring (bicyclic) bond motifs is 1. The van der Waals surface area contributed by atoms with Crippen LogP contribution >= 0.6 is 11.6 Å². The predicted octanol–water partition coefficient (Wildman–Crippen LogP) is 6.10. The van der Waals surface area contributed by atoms with Gasteiger partial charge in [0, 0.05) is 22.5 Å². The summed E-state index contributed by atoms with van der Waals surface area (Å²) in [4.78, 5) is 18.0. The summed E-state index contributed by atoms with van der Waals surface area (Å²) in [5, 5.41) is 4.58. The van der Waals surface area contributed by atoms with Crippen molar-refractivity contribution in [2.45, 2.75) is 20.4 Å². The molecule has 0 saturated heterocycles. The molecule has 0 bridgehead atoms. The van der Waals surface area contributed by atoms with Gasteiger partial charge in [0.2, 0.25) is 0 Å². The van der Waals surface area contributed by atoms with Crippen LogP contribution < -0.4 is 5.32 Å². The van der Waals surface area contributed by atoms with E-state index in [9.17, 15) is 4.79 Å². The average Bonchev–Trinajstić information content (AvgIpc) is 2.73. The molecule has 3 nitrogen and oxygen atoms in total. The van der Waals surface area contributed by atoms with Crippen LogP contribution in [-0.4, -0.2) is 10.9 Å². The highest BCUT2D eigenvalue weighted by Crippen LogP contribution is 2.30.